The Labute approximate surface area is 225 Å². The molecule has 0 atom stereocenters. The molecule has 0 spiro atoms. The maximum Gasteiger partial charge on any atom is 0.309 e. The van der Waals surface area contributed by atoms with Gasteiger partial charge in [0.15, 0.2) is 5.75 Å². The van der Waals surface area contributed by atoms with Crippen molar-refractivity contribution in [1.29, 1.82) is 0 Å². The van der Waals surface area contributed by atoms with Crippen LogP contribution in [0.5, 0.6) is 17.2 Å². The summed E-state index contributed by atoms with van der Waals surface area (Å²) in [6.07, 6.45) is 1.06. The van der Waals surface area contributed by atoms with Crippen LogP contribution in [0.25, 0.3) is 0 Å². The van der Waals surface area contributed by atoms with Crippen molar-refractivity contribution in [2.24, 2.45) is 5.73 Å². The summed E-state index contributed by atoms with van der Waals surface area (Å²) in [5, 5.41) is 0. The molecule has 0 aliphatic carbocycles. The Bertz CT molecular complexity index is 789. The zero-order chi connectivity index (χ0) is 20.0. The van der Waals surface area contributed by atoms with Crippen LogP contribution in [0.3, 0.4) is 0 Å². The maximum absolute atomic E-state index is 11.5. The van der Waals surface area contributed by atoms with Crippen molar-refractivity contribution in [2.75, 3.05) is 20.3 Å². The van der Waals surface area contributed by atoms with Gasteiger partial charge in [0.25, 0.3) is 0 Å². The highest BCUT2D eigenvalue weighted by molar-refractivity contribution is 14.1. The largest absolute Gasteiger partial charge is 0.491 e. The molecule has 0 radical (unpaired) electrons. The van der Waals surface area contributed by atoms with Gasteiger partial charge in [-0.2, -0.15) is 0 Å². The SMILES string of the molecule is COC(=O)Cc1cc(I)c(Oc2cc(I)c(OCCCN)c(I)c2)c(I)c1.Cl. The predicted molar refractivity (Wildman–Crippen MR) is 146 cm³/mol. The third kappa shape index (κ3) is 7.74. The molecule has 5 nitrogen and oxygen atoms in total. The molecule has 154 valence electrons. The fourth-order valence-electron chi connectivity index (χ4n) is 2.16. The monoisotopic (exact) mass is 855 g/mol. The number of carbonyl (C=O) groups excluding carboxylic acids is 1. The van der Waals surface area contributed by atoms with Crippen molar-refractivity contribution in [3.8, 4) is 17.2 Å². The smallest absolute Gasteiger partial charge is 0.309 e. The lowest BCUT2D eigenvalue weighted by molar-refractivity contribution is -0.139. The summed E-state index contributed by atoms with van der Waals surface area (Å²) < 4.78 is 20.6. The van der Waals surface area contributed by atoms with Gasteiger partial charge >= 0.3 is 5.97 Å². The van der Waals surface area contributed by atoms with E-state index >= 15 is 0 Å². The number of nitrogens with two attached hydrogens (primary N) is 1. The van der Waals surface area contributed by atoms with Gasteiger partial charge in [-0.1, -0.05) is 0 Å². The molecule has 0 aliphatic heterocycles. The quantitative estimate of drug-likeness (QED) is 0.208. The minimum atomic E-state index is -0.260. The normalized spacial score (nSPS) is 10.2. The lowest BCUT2D eigenvalue weighted by Gasteiger charge is -2.15. The number of hydrogen-bond donors (Lipinski definition) is 1. The van der Waals surface area contributed by atoms with E-state index in [9.17, 15) is 4.79 Å². The minimum absolute atomic E-state index is 0. The Balaban J connectivity index is 0.00000392. The summed E-state index contributed by atoms with van der Waals surface area (Å²) in [6, 6.07) is 7.79. The average molecular weight is 855 g/mol. The Hall–Kier alpha value is 0.680. The second kappa shape index (κ2) is 13.2. The van der Waals surface area contributed by atoms with Crippen molar-refractivity contribution in [3.05, 3.63) is 44.1 Å². The van der Waals surface area contributed by atoms with Crippen molar-refractivity contribution in [1.82, 2.24) is 0 Å². The van der Waals surface area contributed by atoms with Crippen molar-refractivity contribution in [3.63, 3.8) is 0 Å². The highest BCUT2D eigenvalue weighted by atomic mass is 127. The molecule has 0 aromatic heterocycles. The molecular weight excluding hydrogens is 837 g/mol. The lowest BCUT2D eigenvalue weighted by atomic mass is 10.1. The van der Waals surface area contributed by atoms with Crippen LogP contribution in [-0.2, 0) is 16.0 Å². The molecule has 2 N–H and O–H groups in total. The second-order valence-electron chi connectivity index (χ2n) is 5.45. The summed E-state index contributed by atoms with van der Waals surface area (Å²) in [6.45, 7) is 1.21. The van der Waals surface area contributed by atoms with Crippen molar-refractivity contribution in [2.45, 2.75) is 12.8 Å². The summed E-state index contributed by atoms with van der Waals surface area (Å²) >= 11 is 8.94. The molecule has 0 bridgehead atoms. The molecule has 10 heteroatoms. The van der Waals surface area contributed by atoms with Gasteiger partial charge in [0, 0.05) is 0 Å². The van der Waals surface area contributed by atoms with E-state index in [0.717, 1.165) is 43.5 Å². The van der Waals surface area contributed by atoms with Crippen LogP contribution in [0.15, 0.2) is 24.3 Å². The van der Waals surface area contributed by atoms with Gasteiger partial charge in [-0.15, -0.1) is 12.4 Å². The van der Waals surface area contributed by atoms with Crippen LogP contribution < -0.4 is 15.2 Å². The number of halogens is 5. The average Bonchev–Trinajstić information content (AvgIpc) is 2.60. The molecule has 28 heavy (non-hydrogen) atoms. The summed E-state index contributed by atoms with van der Waals surface area (Å²) in [5.74, 6) is 2.11. The van der Waals surface area contributed by atoms with Crippen LogP contribution in [0.2, 0.25) is 0 Å². The maximum atomic E-state index is 11.5. The lowest BCUT2D eigenvalue weighted by Crippen LogP contribution is -2.07. The highest BCUT2D eigenvalue weighted by Crippen LogP contribution is 2.37. The third-order valence-corrected chi connectivity index (χ3v) is 6.63. The van der Waals surface area contributed by atoms with Crippen molar-refractivity contribution < 1.29 is 19.0 Å². The van der Waals surface area contributed by atoms with Crippen LogP contribution in [0.4, 0.5) is 0 Å². The Morgan fingerprint density at radius 2 is 1.50 bits per heavy atom. The number of ether oxygens (including phenoxy) is 3. The first-order valence-corrected chi connectivity index (χ1v) is 12.2. The summed E-state index contributed by atoms with van der Waals surface area (Å²) in [5.41, 5.74) is 6.42. The number of benzene rings is 2. The Morgan fingerprint density at radius 1 is 0.964 bits per heavy atom. The third-order valence-electron chi connectivity index (χ3n) is 3.42. The number of rotatable bonds is 8. The molecule has 2 rings (SSSR count). The molecule has 0 saturated carbocycles. The van der Waals surface area contributed by atoms with Gasteiger partial charge < -0.3 is 19.9 Å². The molecule has 0 heterocycles. The van der Waals surface area contributed by atoms with Gasteiger partial charge in [-0.05, 0) is 133 Å². The summed E-state index contributed by atoms with van der Waals surface area (Å²) in [4.78, 5) is 11.5. The van der Waals surface area contributed by atoms with Gasteiger partial charge in [0.1, 0.15) is 11.5 Å². The van der Waals surface area contributed by atoms with E-state index in [0.29, 0.717) is 13.2 Å². The van der Waals surface area contributed by atoms with E-state index in [1.54, 1.807) is 0 Å². The van der Waals surface area contributed by atoms with Gasteiger partial charge in [-0.25, -0.2) is 0 Å². The van der Waals surface area contributed by atoms with E-state index in [4.69, 9.17) is 19.9 Å². The second-order valence-corrected chi connectivity index (χ2v) is 10.1. The molecule has 0 fully saturated rings. The van der Waals surface area contributed by atoms with Crippen LogP contribution in [-0.4, -0.2) is 26.2 Å². The topological polar surface area (TPSA) is 70.8 Å². The van der Waals surface area contributed by atoms with E-state index in [1.165, 1.54) is 7.11 Å². The standard InChI is InChI=1S/C18H17I4NO4.ClH/c1-25-16(24)7-10-5-12(19)18(13(20)6-10)27-11-8-14(21)17(15(22)9-11)26-4-2-3-23;/h5-6,8-9H,2-4,7,23H2,1H3;1H. The van der Waals surface area contributed by atoms with Gasteiger partial charge in [-0.3, -0.25) is 4.79 Å². The van der Waals surface area contributed by atoms with Crippen LogP contribution >= 0.6 is 103 Å². The highest BCUT2D eigenvalue weighted by Gasteiger charge is 2.15. The number of methoxy groups -OCH3 is 1. The minimum Gasteiger partial charge on any atom is -0.491 e. The zero-order valence-electron chi connectivity index (χ0n) is 14.8. The van der Waals surface area contributed by atoms with E-state index in [1.807, 2.05) is 24.3 Å². The molecule has 0 amide bonds. The predicted octanol–water partition coefficient (Wildman–Crippen LogP) is 5.76. The molecule has 0 saturated heterocycles. The van der Waals surface area contributed by atoms with Crippen LogP contribution in [0, 0.1) is 14.3 Å². The number of hydrogen-bond acceptors (Lipinski definition) is 5. The molecule has 0 unspecified atom stereocenters. The Morgan fingerprint density at radius 3 is 2.00 bits per heavy atom. The molecule has 0 aliphatic rings. The van der Waals surface area contributed by atoms with Crippen molar-refractivity contribution >= 4 is 109 Å². The van der Waals surface area contributed by atoms with E-state index in [2.05, 4.69) is 90.4 Å². The van der Waals surface area contributed by atoms with Gasteiger partial charge in [0.2, 0.25) is 0 Å². The number of esters is 1. The Kier molecular flexibility index (Phi) is 12.6. The van der Waals surface area contributed by atoms with E-state index in [-0.39, 0.29) is 24.8 Å². The zero-order valence-corrected chi connectivity index (χ0v) is 24.2. The molecule has 2 aromatic rings. The first-order chi connectivity index (χ1) is 12.8. The first kappa shape index (κ1) is 26.7. The molecular formula is C18H18ClI4NO4. The summed E-state index contributed by atoms with van der Waals surface area (Å²) in [7, 11) is 1.39. The first-order valence-electron chi connectivity index (χ1n) is 7.90. The molecule has 2 aromatic carbocycles. The van der Waals surface area contributed by atoms with Crippen LogP contribution in [0.1, 0.15) is 12.0 Å². The van der Waals surface area contributed by atoms with E-state index < -0.39 is 0 Å². The fraction of sp³-hybridized carbons (Fsp3) is 0.278. The number of carbonyl (C=O) groups is 1. The van der Waals surface area contributed by atoms with Gasteiger partial charge in [0.05, 0.1) is 34.4 Å². The fourth-order valence-corrected chi connectivity index (χ4v) is 6.30.